The molecule has 0 heterocycles. The molecule has 0 aliphatic carbocycles. The Kier molecular flexibility index (Phi) is 4.88. The second-order valence-corrected chi connectivity index (χ2v) is 5.58. The SMILES string of the molecule is NS(=O)(=O)CCCOc1cc([N+](=O)[O-])ccc1Cl. The summed E-state index contributed by atoms with van der Waals surface area (Å²) in [6.07, 6.45) is 0.178. The predicted molar refractivity (Wildman–Crippen MR) is 66.2 cm³/mol. The maximum absolute atomic E-state index is 10.7. The van der Waals surface area contributed by atoms with Gasteiger partial charge in [0.2, 0.25) is 10.0 Å². The fourth-order valence-corrected chi connectivity index (χ4v) is 1.85. The molecule has 1 aromatic carbocycles. The van der Waals surface area contributed by atoms with Gasteiger partial charge in [-0.1, -0.05) is 11.6 Å². The third-order valence-electron chi connectivity index (χ3n) is 1.96. The molecule has 0 fully saturated rings. The highest BCUT2D eigenvalue weighted by Crippen LogP contribution is 2.28. The zero-order chi connectivity index (χ0) is 13.8. The molecular formula is C9H11ClN2O5S. The normalized spacial score (nSPS) is 11.2. The fourth-order valence-electron chi connectivity index (χ4n) is 1.16. The highest BCUT2D eigenvalue weighted by atomic mass is 35.5. The molecule has 0 aliphatic rings. The van der Waals surface area contributed by atoms with Crippen molar-refractivity contribution in [3.63, 3.8) is 0 Å². The van der Waals surface area contributed by atoms with Crippen LogP contribution in [0.2, 0.25) is 5.02 Å². The van der Waals surface area contributed by atoms with Gasteiger partial charge in [-0.2, -0.15) is 0 Å². The van der Waals surface area contributed by atoms with Crippen LogP contribution in [-0.4, -0.2) is 25.7 Å². The van der Waals surface area contributed by atoms with Gasteiger partial charge in [0, 0.05) is 6.07 Å². The number of rotatable bonds is 6. The number of nitro groups is 1. The van der Waals surface area contributed by atoms with Crippen molar-refractivity contribution in [2.45, 2.75) is 6.42 Å². The second-order valence-electron chi connectivity index (χ2n) is 3.44. The van der Waals surface area contributed by atoms with Gasteiger partial charge >= 0.3 is 0 Å². The van der Waals surface area contributed by atoms with Crippen LogP contribution in [0.15, 0.2) is 18.2 Å². The molecule has 0 saturated heterocycles. The molecule has 0 spiro atoms. The number of non-ortho nitro benzene ring substituents is 1. The largest absolute Gasteiger partial charge is 0.492 e. The number of ether oxygens (including phenoxy) is 1. The summed E-state index contributed by atoms with van der Waals surface area (Å²) in [6, 6.07) is 3.77. The number of halogens is 1. The molecule has 100 valence electrons. The number of benzene rings is 1. The first-order chi connectivity index (χ1) is 8.29. The number of nitrogens with zero attached hydrogens (tertiary/aromatic N) is 1. The molecule has 7 nitrogen and oxygen atoms in total. The monoisotopic (exact) mass is 294 g/mol. The van der Waals surface area contributed by atoms with E-state index in [1.807, 2.05) is 0 Å². The van der Waals surface area contributed by atoms with E-state index in [1.54, 1.807) is 0 Å². The van der Waals surface area contributed by atoms with Crippen molar-refractivity contribution in [1.82, 2.24) is 0 Å². The minimum atomic E-state index is -3.53. The second kappa shape index (κ2) is 5.98. The number of primary sulfonamides is 1. The lowest BCUT2D eigenvalue weighted by Crippen LogP contribution is -2.18. The van der Waals surface area contributed by atoms with E-state index in [-0.39, 0.29) is 35.2 Å². The third-order valence-corrected chi connectivity index (χ3v) is 3.13. The van der Waals surface area contributed by atoms with E-state index < -0.39 is 14.9 Å². The van der Waals surface area contributed by atoms with E-state index in [0.717, 1.165) is 0 Å². The highest BCUT2D eigenvalue weighted by Gasteiger charge is 2.11. The smallest absolute Gasteiger partial charge is 0.273 e. The van der Waals surface area contributed by atoms with Crippen molar-refractivity contribution in [2.75, 3.05) is 12.4 Å². The molecule has 18 heavy (non-hydrogen) atoms. The zero-order valence-electron chi connectivity index (χ0n) is 9.21. The molecule has 0 bridgehead atoms. The van der Waals surface area contributed by atoms with Gasteiger partial charge in [0.1, 0.15) is 5.75 Å². The van der Waals surface area contributed by atoms with Crippen LogP contribution < -0.4 is 9.88 Å². The Labute approximate surface area is 109 Å². The van der Waals surface area contributed by atoms with Gasteiger partial charge in [-0.3, -0.25) is 10.1 Å². The molecule has 0 saturated carbocycles. The van der Waals surface area contributed by atoms with Crippen LogP contribution in [0.4, 0.5) is 5.69 Å². The summed E-state index contributed by atoms with van der Waals surface area (Å²) >= 11 is 5.78. The summed E-state index contributed by atoms with van der Waals surface area (Å²) in [5.74, 6) is -0.0835. The minimum absolute atomic E-state index is 0.0529. The van der Waals surface area contributed by atoms with E-state index in [9.17, 15) is 18.5 Å². The Morgan fingerprint density at radius 1 is 1.44 bits per heavy atom. The van der Waals surface area contributed by atoms with Crippen LogP contribution in [-0.2, 0) is 10.0 Å². The zero-order valence-corrected chi connectivity index (χ0v) is 10.8. The summed E-state index contributed by atoms with van der Waals surface area (Å²) in [7, 11) is -3.53. The predicted octanol–water partition coefficient (Wildman–Crippen LogP) is 1.31. The maximum Gasteiger partial charge on any atom is 0.273 e. The lowest BCUT2D eigenvalue weighted by atomic mass is 10.3. The molecule has 0 amide bonds. The Bertz CT molecular complexity index is 546. The van der Waals surface area contributed by atoms with Gasteiger partial charge in [-0.25, -0.2) is 13.6 Å². The summed E-state index contributed by atoms with van der Waals surface area (Å²) in [6.45, 7) is 0.0529. The van der Waals surface area contributed by atoms with Crippen molar-refractivity contribution >= 4 is 27.3 Å². The first-order valence-electron chi connectivity index (χ1n) is 4.87. The number of hydrogen-bond donors (Lipinski definition) is 1. The van der Waals surface area contributed by atoms with E-state index in [4.69, 9.17) is 21.5 Å². The van der Waals surface area contributed by atoms with E-state index in [2.05, 4.69) is 0 Å². The van der Waals surface area contributed by atoms with Crippen LogP contribution in [0.1, 0.15) is 6.42 Å². The number of nitro benzene ring substituents is 1. The topological polar surface area (TPSA) is 113 Å². The van der Waals surface area contributed by atoms with Crippen molar-refractivity contribution in [3.05, 3.63) is 33.3 Å². The average molecular weight is 295 g/mol. The van der Waals surface area contributed by atoms with Crippen LogP contribution in [0.25, 0.3) is 0 Å². The summed E-state index contributed by atoms with van der Waals surface area (Å²) < 4.78 is 26.5. The van der Waals surface area contributed by atoms with E-state index in [0.29, 0.717) is 0 Å². The van der Waals surface area contributed by atoms with E-state index in [1.165, 1.54) is 18.2 Å². The average Bonchev–Trinajstić information content (AvgIpc) is 2.24. The van der Waals surface area contributed by atoms with Crippen molar-refractivity contribution in [3.8, 4) is 5.75 Å². The summed E-state index contributed by atoms with van der Waals surface area (Å²) in [4.78, 5) is 9.96. The number of hydrogen-bond acceptors (Lipinski definition) is 5. The van der Waals surface area contributed by atoms with Gasteiger partial charge in [0.15, 0.2) is 0 Å². The van der Waals surface area contributed by atoms with Crippen LogP contribution >= 0.6 is 11.6 Å². The highest BCUT2D eigenvalue weighted by molar-refractivity contribution is 7.89. The molecule has 0 unspecified atom stereocenters. The lowest BCUT2D eigenvalue weighted by Gasteiger charge is -2.07. The van der Waals surface area contributed by atoms with E-state index >= 15 is 0 Å². The Morgan fingerprint density at radius 3 is 2.67 bits per heavy atom. The molecule has 9 heteroatoms. The molecule has 0 aliphatic heterocycles. The molecular weight excluding hydrogens is 284 g/mol. The lowest BCUT2D eigenvalue weighted by molar-refractivity contribution is -0.384. The molecule has 2 N–H and O–H groups in total. The van der Waals surface area contributed by atoms with Crippen LogP contribution in [0, 0.1) is 10.1 Å². The number of sulfonamides is 1. The van der Waals surface area contributed by atoms with Gasteiger partial charge in [0.05, 0.1) is 28.4 Å². The molecule has 0 radical (unpaired) electrons. The summed E-state index contributed by atoms with van der Waals surface area (Å²) in [5.41, 5.74) is -0.152. The molecule has 1 aromatic rings. The minimum Gasteiger partial charge on any atom is -0.492 e. The number of nitrogens with two attached hydrogens (primary N) is 1. The first kappa shape index (κ1) is 14.7. The van der Waals surface area contributed by atoms with Crippen molar-refractivity contribution < 1.29 is 18.1 Å². The van der Waals surface area contributed by atoms with Gasteiger partial charge < -0.3 is 4.74 Å². The first-order valence-corrected chi connectivity index (χ1v) is 6.96. The molecule has 0 aromatic heterocycles. The maximum atomic E-state index is 10.7. The molecule has 1 rings (SSSR count). The Morgan fingerprint density at radius 2 is 2.11 bits per heavy atom. The standard InChI is InChI=1S/C9H11ClN2O5S/c10-8-3-2-7(12(13)14)6-9(8)17-4-1-5-18(11,15)16/h2-3,6H,1,4-5H2,(H2,11,15,16). The van der Waals surface area contributed by atoms with Crippen molar-refractivity contribution in [2.24, 2.45) is 5.14 Å². The van der Waals surface area contributed by atoms with Crippen LogP contribution in [0.5, 0.6) is 5.75 Å². The molecule has 0 atom stereocenters. The third kappa shape index (κ3) is 4.86. The quantitative estimate of drug-likeness (QED) is 0.483. The van der Waals surface area contributed by atoms with Crippen LogP contribution in [0.3, 0.4) is 0 Å². The Hall–Kier alpha value is -1.38. The summed E-state index contributed by atoms with van der Waals surface area (Å²) in [5, 5.41) is 15.6. The van der Waals surface area contributed by atoms with Gasteiger partial charge in [-0.05, 0) is 12.5 Å². The van der Waals surface area contributed by atoms with Crippen molar-refractivity contribution in [1.29, 1.82) is 0 Å². The Balaban J connectivity index is 2.61. The van der Waals surface area contributed by atoms with Gasteiger partial charge in [0.25, 0.3) is 5.69 Å². The van der Waals surface area contributed by atoms with Gasteiger partial charge in [-0.15, -0.1) is 0 Å². The fraction of sp³-hybridized carbons (Fsp3) is 0.333.